The number of carbonyl (C=O) groups excluding carboxylic acids is 1. The van der Waals surface area contributed by atoms with Gasteiger partial charge in [-0.3, -0.25) is 10.0 Å². The number of nitrogens with one attached hydrogen (secondary N) is 1. The third-order valence-electron chi connectivity index (χ3n) is 5.95. The van der Waals surface area contributed by atoms with Crippen LogP contribution in [0.5, 0.6) is 0 Å². The number of aromatic carboxylic acids is 1. The summed E-state index contributed by atoms with van der Waals surface area (Å²) in [4.78, 5) is 24.1. The van der Waals surface area contributed by atoms with Crippen molar-refractivity contribution in [3.8, 4) is 11.1 Å². The first-order valence-electron chi connectivity index (χ1n) is 10.8. The van der Waals surface area contributed by atoms with Crippen LogP contribution >= 0.6 is 11.6 Å². The number of alkyl halides is 2. The topological polar surface area (TPSA) is 90.5 Å². The van der Waals surface area contributed by atoms with Crippen molar-refractivity contribution in [2.24, 2.45) is 5.92 Å². The van der Waals surface area contributed by atoms with E-state index in [2.05, 4.69) is 5.32 Å². The summed E-state index contributed by atoms with van der Waals surface area (Å²) in [7, 11) is 0. The van der Waals surface area contributed by atoms with E-state index in [-0.39, 0.29) is 27.8 Å². The number of carbonyl (C=O) groups is 2. The molecule has 1 heterocycles. The van der Waals surface area contributed by atoms with Crippen LogP contribution in [0.2, 0.25) is 5.02 Å². The zero-order valence-corrected chi connectivity index (χ0v) is 19.0. The monoisotopic (exact) mass is 505 g/mol. The van der Waals surface area contributed by atoms with Crippen LogP contribution in [0.4, 0.5) is 18.9 Å². The van der Waals surface area contributed by atoms with Crippen LogP contribution < -0.4 is 10.0 Å². The molecule has 182 valence electrons. The van der Waals surface area contributed by atoms with Gasteiger partial charge in [-0.25, -0.2) is 18.0 Å². The highest BCUT2D eigenvalue weighted by Crippen LogP contribution is 2.40. The van der Waals surface area contributed by atoms with E-state index in [9.17, 15) is 28.0 Å². The standard InChI is InChI=1S/C25H20ClF3N2O4/c26-19-9-8-17(23(28)29)21(22(19)27)15-5-10-20(31(35)12-15)18(11-13-1-2-13)24(32)30-16-6-3-14(4-7-16)25(33)34/h3-10,12-13,18,23H,1-2,11H2,(H2-,30,32,33,34,35)/p+1/t18-/m1/s1. The van der Waals surface area contributed by atoms with Gasteiger partial charge in [0.15, 0.2) is 0 Å². The van der Waals surface area contributed by atoms with Crippen LogP contribution in [0.1, 0.15) is 53.2 Å². The molecular formula is C25H21ClF3N2O4+. The Kier molecular flexibility index (Phi) is 6.98. The van der Waals surface area contributed by atoms with Gasteiger partial charge in [-0.2, -0.15) is 0 Å². The number of anilines is 1. The van der Waals surface area contributed by atoms with E-state index < -0.39 is 41.2 Å². The normalized spacial score (nSPS) is 14.1. The first-order valence-corrected chi connectivity index (χ1v) is 11.2. The molecular weight excluding hydrogens is 485 g/mol. The van der Waals surface area contributed by atoms with E-state index >= 15 is 0 Å². The van der Waals surface area contributed by atoms with Gasteiger partial charge in [-0.1, -0.05) is 30.5 Å². The van der Waals surface area contributed by atoms with Crippen molar-refractivity contribution >= 4 is 29.2 Å². The second kappa shape index (κ2) is 9.95. The van der Waals surface area contributed by atoms with Crippen molar-refractivity contribution in [2.45, 2.75) is 31.6 Å². The SMILES string of the molecule is O=C(O)c1ccc(NC(=O)[C@H](CC2CC2)c2ccc(-c3c(C(F)F)ccc(Cl)c3F)c[n+]2O)cc1. The maximum atomic E-state index is 14.7. The summed E-state index contributed by atoms with van der Waals surface area (Å²) >= 11 is 5.80. The summed E-state index contributed by atoms with van der Waals surface area (Å²) in [5.41, 5.74) is -0.384. The number of nitrogens with zero attached hydrogens (tertiary/aromatic N) is 1. The van der Waals surface area contributed by atoms with E-state index in [1.165, 1.54) is 36.4 Å². The lowest BCUT2D eigenvalue weighted by atomic mass is 9.94. The molecule has 1 saturated carbocycles. The Balaban J connectivity index is 1.65. The Morgan fingerprint density at radius 3 is 2.34 bits per heavy atom. The lowest BCUT2D eigenvalue weighted by Crippen LogP contribution is -2.40. The maximum absolute atomic E-state index is 14.7. The summed E-state index contributed by atoms with van der Waals surface area (Å²) in [6, 6.07) is 10.5. The molecule has 1 aliphatic carbocycles. The molecule has 0 bridgehead atoms. The van der Waals surface area contributed by atoms with Crippen LogP contribution in [0.15, 0.2) is 54.7 Å². The molecule has 0 radical (unpaired) electrons. The van der Waals surface area contributed by atoms with E-state index in [0.29, 0.717) is 16.8 Å². The van der Waals surface area contributed by atoms with Crippen molar-refractivity contribution < 1.29 is 37.8 Å². The van der Waals surface area contributed by atoms with Gasteiger partial charge in [-0.05, 0) is 48.7 Å². The number of carboxylic acid groups (broad SMARTS) is 1. The minimum absolute atomic E-state index is 0.0265. The van der Waals surface area contributed by atoms with Gasteiger partial charge in [-0.15, -0.1) is 0 Å². The number of halogens is 4. The fourth-order valence-corrected chi connectivity index (χ4v) is 4.10. The number of pyridine rings is 1. The molecule has 2 aromatic carbocycles. The number of carboxylic acids is 1. The largest absolute Gasteiger partial charge is 0.478 e. The first-order chi connectivity index (χ1) is 16.7. The third kappa shape index (κ3) is 5.40. The van der Waals surface area contributed by atoms with Crippen molar-refractivity contribution in [1.82, 2.24) is 0 Å². The average Bonchev–Trinajstić information content (AvgIpc) is 3.64. The molecule has 4 rings (SSSR count). The Labute approximate surface area is 203 Å². The van der Waals surface area contributed by atoms with E-state index in [1.54, 1.807) is 0 Å². The molecule has 35 heavy (non-hydrogen) atoms. The molecule has 1 fully saturated rings. The molecule has 3 N–H and O–H groups in total. The quantitative estimate of drug-likeness (QED) is 0.265. The van der Waals surface area contributed by atoms with Crippen LogP contribution in [0, 0.1) is 11.7 Å². The predicted molar refractivity (Wildman–Crippen MR) is 121 cm³/mol. The van der Waals surface area contributed by atoms with Gasteiger partial charge in [0, 0.05) is 27.6 Å². The molecule has 0 saturated heterocycles. The molecule has 1 atom stereocenters. The summed E-state index contributed by atoms with van der Waals surface area (Å²) in [6.45, 7) is 0. The molecule has 0 unspecified atom stereocenters. The molecule has 3 aromatic rings. The highest BCUT2D eigenvalue weighted by atomic mass is 35.5. The zero-order valence-electron chi connectivity index (χ0n) is 18.2. The number of aromatic nitrogens is 1. The molecule has 1 aliphatic rings. The minimum Gasteiger partial charge on any atom is -0.478 e. The van der Waals surface area contributed by atoms with E-state index in [1.807, 2.05) is 0 Å². The number of hydrogen-bond acceptors (Lipinski definition) is 3. The lowest BCUT2D eigenvalue weighted by molar-refractivity contribution is -0.909. The van der Waals surface area contributed by atoms with E-state index in [4.69, 9.17) is 16.7 Å². The van der Waals surface area contributed by atoms with Crippen LogP contribution in [0.3, 0.4) is 0 Å². The fourth-order valence-electron chi connectivity index (χ4n) is 3.94. The van der Waals surface area contributed by atoms with Crippen LogP contribution in [0.25, 0.3) is 11.1 Å². The number of rotatable bonds is 8. The van der Waals surface area contributed by atoms with Gasteiger partial charge in [0.2, 0.25) is 17.8 Å². The van der Waals surface area contributed by atoms with Crippen molar-refractivity contribution in [3.63, 3.8) is 0 Å². The molecule has 10 heteroatoms. The molecule has 1 aromatic heterocycles. The van der Waals surface area contributed by atoms with Crippen molar-refractivity contribution in [2.75, 3.05) is 5.32 Å². The van der Waals surface area contributed by atoms with Crippen LogP contribution in [-0.4, -0.2) is 22.2 Å². The highest BCUT2D eigenvalue weighted by molar-refractivity contribution is 6.31. The molecule has 6 nitrogen and oxygen atoms in total. The van der Waals surface area contributed by atoms with Crippen LogP contribution in [-0.2, 0) is 4.79 Å². The third-order valence-corrected chi connectivity index (χ3v) is 6.24. The van der Waals surface area contributed by atoms with Gasteiger partial charge < -0.3 is 10.4 Å². The van der Waals surface area contributed by atoms with Gasteiger partial charge >= 0.3 is 5.97 Å². The minimum atomic E-state index is -2.97. The highest BCUT2D eigenvalue weighted by Gasteiger charge is 2.36. The Morgan fingerprint density at radius 1 is 1.09 bits per heavy atom. The zero-order chi connectivity index (χ0) is 25.3. The van der Waals surface area contributed by atoms with Gasteiger partial charge in [0.25, 0.3) is 6.43 Å². The molecule has 0 spiro atoms. The van der Waals surface area contributed by atoms with E-state index in [0.717, 1.165) is 31.2 Å². The Bertz CT molecular complexity index is 1280. The predicted octanol–water partition coefficient (Wildman–Crippen LogP) is 5.83. The smallest absolute Gasteiger partial charge is 0.335 e. The van der Waals surface area contributed by atoms with Gasteiger partial charge in [0.05, 0.1) is 16.1 Å². The summed E-state index contributed by atoms with van der Waals surface area (Å²) in [5, 5.41) is 22.1. The van der Waals surface area contributed by atoms with Crippen molar-refractivity contribution in [3.05, 3.63) is 82.4 Å². The van der Waals surface area contributed by atoms with Crippen molar-refractivity contribution in [1.29, 1.82) is 0 Å². The Hall–Kier alpha value is -3.59. The molecule has 0 aliphatic heterocycles. The summed E-state index contributed by atoms with van der Waals surface area (Å²) in [6.07, 6.45) is 0.417. The summed E-state index contributed by atoms with van der Waals surface area (Å²) < 4.78 is 42.3. The molecule has 1 amide bonds. The maximum Gasteiger partial charge on any atom is 0.335 e. The average molecular weight is 506 g/mol. The summed E-state index contributed by atoms with van der Waals surface area (Å²) in [5.74, 6) is -3.07. The first kappa shape index (κ1) is 24.5. The number of amides is 1. The second-order valence-electron chi connectivity index (χ2n) is 8.42. The Morgan fingerprint density at radius 2 is 1.77 bits per heavy atom. The van der Waals surface area contributed by atoms with Gasteiger partial charge in [0.1, 0.15) is 11.7 Å². The number of hydrogen-bond donors (Lipinski definition) is 3. The number of benzene rings is 2. The lowest BCUT2D eigenvalue weighted by Gasteiger charge is -2.15. The second-order valence-corrected chi connectivity index (χ2v) is 8.82. The fraction of sp³-hybridized carbons (Fsp3) is 0.240.